The summed E-state index contributed by atoms with van der Waals surface area (Å²) in [6.07, 6.45) is 11.4. The maximum Gasteiger partial charge on any atom is 0.224 e. The van der Waals surface area contributed by atoms with Gasteiger partial charge in [0.05, 0.1) is 6.42 Å². The van der Waals surface area contributed by atoms with Crippen molar-refractivity contribution in [2.45, 2.75) is 57.8 Å². The smallest absolute Gasteiger partial charge is 0.224 e. The minimum absolute atomic E-state index is 0.150. The summed E-state index contributed by atoms with van der Waals surface area (Å²) in [4.78, 5) is 11.8. The van der Waals surface area contributed by atoms with Gasteiger partial charge in [0.1, 0.15) is 0 Å². The largest absolute Gasteiger partial charge is 0.356 e. The topological polar surface area (TPSA) is 29.1 Å². The number of hydrogen-bond donors (Lipinski definition) is 1. The highest BCUT2D eigenvalue weighted by Gasteiger charge is 2.11. The minimum Gasteiger partial charge on any atom is -0.356 e. The number of hydrogen-bond acceptors (Lipinski definition) is 1. The maximum absolute atomic E-state index is 11.8. The van der Waals surface area contributed by atoms with E-state index < -0.39 is 0 Å². The fourth-order valence-corrected chi connectivity index (χ4v) is 3.11. The third kappa shape index (κ3) is 5.77. The average molecular weight is 273 g/mol. The quantitative estimate of drug-likeness (QED) is 0.613. The van der Waals surface area contributed by atoms with Crippen LogP contribution in [0, 0.1) is 5.92 Å². The zero-order valence-corrected chi connectivity index (χ0v) is 12.4. The predicted molar refractivity (Wildman–Crippen MR) is 83.6 cm³/mol. The summed E-state index contributed by atoms with van der Waals surface area (Å²) in [5.74, 6) is 1.06. The van der Waals surface area contributed by atoms with E-state index in [0.717, 1.165) is 24.4 Å². The van der Waals surface area contributed by atoms with Crippen molar-refractivity contribution in [2.24, 2.45) is 5.92 Å². The highest BCUT2D eigenvalue weighted by molar-refractivity contribution is 5.78. The van der Waals surface area contributed by atoms with Crippen molar-refractivity contribution in [1.29, 1.82) is 0 Å². The lowest BCUT2D eigenvalue weighted by Gasteiger charge is -2.13. The van der Waals surface area contributed by atoms with E-state index in [0.29, 0.717) is 6.42 Å². The monoisotopic (exact) mass is 273 g/mol. The van der Waals surface area contributed by atoms with Gasteiger partial charge in [0, 0.05) is 6.54 Å². The molecule has 1 N–H and O–H groups in total. The van der Waals surface area contributed by atoms with Gasteiger partial charge in [-0.25, -0.2) is 0 Å². The van der Waals surface area contributed by atoms with Gasteiger partial charge in [-0.1, -0.05) is 68.9 Å². The van der Waals surface area contributed by atoms with Crippen LogP contribution in [0.1, 0.15) is 56.9 Å². The number of carbonyl (C=O) groups excluding carboxylic acids is 1. The predicted octanol–water partition coefficient (Wildman–Crippen LogP) is 4.10. The van der Waals surface area contributed by atoms with E-state index in [2.05, 4.69) is 5.32 Å². The van der Waals surface area contributed by atoms with Crippen LogP contribution in [0.5, 0.6) is 0 Å². The van der Waals surface area contributed by atoms with Crippen molar-refractivity contribution in [3.63, 3.8) is 0 Å². The molecule has 0 heterocycles. The highest BCUT2D eigenvalue weighted by Crippen LogP contribution is 2.26. The van der Waals surface area contributed by atoms with Gasteiger partial charge in [-0.3, -0.25) is 4.79 Å². The molecule has 1 aromatic carbocycles. The number of nitrogens with one attached hydrogen (secondary N) is 1. The second-order valence-electron chi connectivity index (χ2n) is 6.01. The molecule has 0 radical (unpaired) electrons. The van der Waals surface area contributed by atoms with Gasteiger partial charge >= 0.3 is 0 Å². The molecule has 1 fully saturated rings. The molecule has 0 unspecified atom stereocenters. The lowest BCUT2D eigenvalue weighted by atomic mass is 9.95. The van der Waals surface area contributed by atoms with E-state index in [1.807, 2.05) is 30.3 Å². The Morgan fingerprint density at radius 3 is 2.45 bits per heavy atom. The lowest BCUT2D eigenvalue weighted by Crippen LogP contribution is -2.26. The molecular formula is C18H27NO. The Labute approximate surface area is 123 Å². The van der Waals surface area contributed by atoms with Gasteiger partial charge in [0.25, 0.3) is 0 Å². The van der Waals surface area contributed by atoms with Crippen LogP contribution in [0.15, 0.2) is 30.3 Å². The molecule has 2 rings (SSSR count). The Morgan fingerprint density at radius 1 is 1.05 bits per heavy atom. The fraction of sp³-hybridized carbons (Fsp3) is 0.611. The van der Waals surface area contributed by atoms with E-state index in [1.54, 1.807) is 0 Å². The molecule has 0 spiro atoms. The molecule has 20 heavy (non-hydrogen) atoms. The Bertz CT molecular complexity index is 380. The first-order valence-electron chi connectivity index (χ1n) is 8.15. The summed E-state index contributed by atoms with van der Waals surface area (Å²) in [6.45, 7) is 0.835. The molecule has 0 bridgehead atoms. The van der Waals surface area contributed by atoms with Gasteiger partial charge in [-0.2, -0.15) is 0 Å². The fourth-order valence-electron chi connectivity index (χ4n) is 3.11. The standard InChI is InChI=1S/C18H27NO/c20-18(15-17-11-6-3-7-12-17)19-14-8-13-16-9-4-1-2-5-10-16/h3,6-7,11-12,16H,1-2,4-5,8-10,13-15H2,(H,19,20). The summed E-state index contributed by atoms with van der Waals surface area (Å²) in [5, 5.41) is 3.05. The van der Waals surface area contributed by atoms with Crippen LogP contribution in [-0.4, -0.2) is 12.5 Å². The zero-order chi connectivity index (χ0) is 14.0. The Kier molecular flexibility index (Phi) is 6.62. The molecule has 110 valence electrons. The summed E-state index contributed by atoms with van der Waals surface area (Å²) >= 11 is 0. The molecule has 0 aromatic heterocycles. The van der Waals surface area contributed by atoms with Crippen LogP contribution in [-0.2, 0) is 11.2 Å². The van der Waals surface area contributed by atoms with E-state index in [-0.39, 0.29) is 5.91 Å². The van der Waals surface area contributed by atoms with Crippen molar-refractivity contribution in [3.8, 4) is 0 Å². The third-order valence-electron chi connectivity index (χ3n) is 4.29. The molecule has 1 aliphatic rings. The van der Waals surface area contributed by atoms with Crippen LogP contribution in [0.2, 0.25) is 0 Å². The average Bonchev–Trinajstić information content (AvgIpc) is 2.73. The second kappa shape index (κ2) is 8.78. The summed E-state index contributed by atoms with van der Waals surface area (Å²) in [6, 6.07) is 9.95. The number of benzene rings is 1. The number of rotatable bonds is 6. The molecular weight excluding hydrogens is 246 g/mol. The molecule has 1 aliphatic carbocycles. The summed E-state index contributed by atoms with van der Waals surface area (Å²) < 4.78 is 0. The summed E-state index contributed by atoms with van der Waals surface area (Å²) in [5.41, 5.74) is 1.09. The van der Waals surface area contributed by atoms with Crippen molar-refractivity contribution in [3.05, 3.63) is 35.9 Å². The molecule has 1 aromatic rings. The van der Waals surface area contributed by atoms with E-state index in [9.17, 15) is 4.79 Å². The SMILES string of the molecule is O=C(Cc1ccccc1)NCCCC1CCCCCC1. The Hall–Kier alpha value is -1.31. The van der Waals surface area contributed by atoms with E-state index >= 15 is 0 Å². The van der Waals surface area contributed by atoms with Gasteiger partial charge in [0.2, 0.25) is 5.91 Å². The first-order valence-corrected chi connectivity index (χ1v) is 8.15. The van der Waals surface area contributed by atoms with E-state index in [1.165, 1.54) is 44.9 Å². The normalized spacial score (nSPS) is 16.6. The van der Waals surface area contributed by atoms with Crippen molar-refractivity contribution in [1.82, 2.24) is 5.32 Å². The molecule has 0 aliphatic heterocycles. The van der Waals surface area contributed by atoms with Crippen molar-refractivity contribution in [2.75, 3.05) is 6.54 Å². The van der Waals surface area contributed by atoms with Gasteiger partial charge in [0.15, 0.2) is 0 Å². The Morgan fingerprint density at radius 2 is 1.75 bits per heavy atom. The first kappa shape index (κ1) is 15.1. The molecule has 2 nitrogen and oxygen atoms in total. The van der Waals surface area contributed by atoms with E-state index in [4.69, 9.17) is 0 Å². The molecule has 1 amide bonds. The van der Waals surface area contributed by atoms with Crippen molar-refractivity contribution >= 4 is 5.91 Å². The molecule has 0 saturated heterocycles. The van der Waals surface area contributed by atoms with Crippen LogP contribution < -0.4 is 5.32 Å². The maximum atomic E-state index is 11.8. The van der Waals surface area contributed by atoms with Gasteiger partial charge in [-0.15, -0.1) is 0 Å². The zero-order valence-electron chi connectivity index (χ0n) is 12.4. The molecule has 0 atom stereocenters. The lowest BCUT2D eigenvalue weighted by molar-refractivity contribution is -0.120. The number of carbonyl (C=O) groups is 1. The minimum atomic E-state index is 0.150. The van der Waals surface area contributed by atoms with Gasteiger partial charge in [-0.05, 0) is 24.3 Å². The van der Waals surface area contributed by atoms with Crippen LogP contribution in [0.4, 0.5) is 0 Å². The van der Waals surface area contributed by atoms with Gasteiger partial charge < -0.3 is 5.32 Å². The molecule has 2 heteroatoms. The second-order valence-corrected chi connectivity index (χ2v) is 6.01. The molecule has 1 saturated carbocycles. The Balaban J connectivity index is 1.57. The first-order chi connectivity index (χ1) is 9.84. The summed E-state index contributed by atoms with van der Waals surface area (Å²) in [7, 11) is 0. The highest BCUT2D eigenvalue weighted by atomic mass is 16.1. The van der Waals surface area contributed by atoms with Crippen LogP contribution in [0.3, 0.4) is 0 Å². The third-order valence-corrected chi connectivity index (χ3v) is 4.29. The van der Waals surface area contributed by atoms with Crippen LogP contribution >= 0.6 is 0 Å². The van der Waals surface area contributed by atoms with Crippen molar-refractivity contribution < 1.29 is 4.79 Å². The van der Waals surface area contributed by atoms with Crippen LogP contribution in [0.25, 0.3) is 0 Å². The number of amides is 1.